The fraction of sp³-hybridized carbons (Fsp3) is 0.474. The Morgan fingerprint density at radius 1 is 1.24 bits per heavy atom. The summed E-state index contributed by atoms with van der Waals surface area (Å²) in [7, 11) is 1.59. The van der Waals surface area contributed by atoms with Gasteiger partial charge in [0.2, 0.25) is 0 Å². The number of benzene rings is 1. The lowest BCUT2D eigenvalue weighted by molar-refractivity contribution is -0.129. The molecule has 0 fully saturated rings. The molecule has 1 aliphatic rings. The maximum atomic E-state index is 12.5. The van der Waals surface area contributed by atoms with Gasteiger partial charge in [-0.1, -0.05) is 19.1 Å². The summed E-state index contributed by atoms with van der Waals surface area (Å²) in [6.07, 6.45) is 0.850. The Morgan fingerprint density at radius 3 is 2.48 bits per heavy atom. The molecule has 25 heavy (non-hydrogen) atoms. The molecule has 1 atom stereocenters. The fourth-order valence-corrected chi connectivity index (χ4v) is 3.00. The highest BCUT2D eigenvalue weighted by Gasteiger charge is 2.42. The second-order valence-electron chi connectivity index (χ2n) is 5.79. The zero-order valence-electron chi connectivity index (χ0n) is 14.9. The molecule has 0 saturated heterocycles. The minimum atomic E-state index is -0.576. The van der Waals surface area contributed by atoms with Crippen molar-refractivity contribution in [2.45, 2.75) is 32.7 Å². The summed E-state index contributed by atoms with van der Waals surface area (Å²) in [4.78, 5) is 26.4. The van der Waals surface area contributed by atoms with Crippen LogP contribution >= 0.6 is 0 Å². The van der Waals surface area contributed by atoms with Gasteiger partial charge in [-0.05, 0) is 31.0 Å². The number of amides is 1. The number of carbonyl (C=O) groups is 2. The molecule has 1 N–H and O–H groups in total. The Balaban J connectivity index is 2.37. The Kier molecular flexibility index (Phi) is 6.58. The third-order valence-electron chi connectivity index (χ3n) is 4.18. The monoisotopic (exact) mass is 347 g/mol. The van der Waals surface area contributed by atoms with Gasteiger partial charge in [-0.3, -0.25) is 9.59 Å². The Hall–Kier alpha value is -2.34. The number of rotatable bonds is 9. The molecule has 0 bridgehead atoms. The van der Waals surface area contributed by atoms with Crippen molar-refractivity contribution in [2.24, 2.45) is 0 Å². The van der Waals surface area contributed by atoms with Crippen LogP contribution in [-0.4, -0.2) is 48.6 Å². The maximum Gasteiger partial charge on any atom is 0.290 e. The van der Waals surface area contributed by atoms with E-state index in [0.29, 0.717) is 26.2 Å². The lowest BCUT2D eigenvalue weighted by Crippen LogP contribution is -2.32. The first-order valence-electron chi connectivity index (χ1n) is 8.54. The van der Waals surface area contributed by atoms with Crippen molar-refractivity contribution in [3.8, 4) is 5.75 Å². The lowest BCUT2D eigenvalue weighted by atomic mass is 9.95. The van der Waals surface area contributed by atoms with Crippen LogP contribution in [0.4, 0.5) is 0 Å². The maximum absolute atomic E-state index is 12.5. The second-order valence-corrected chi connectivity index (χ2v) is 5.79. The van der Waals surface area contributed by atoms with Crippen molar-refractivity contribution in [3.05, 3.63) is 41.2 Å². The van der Waals surface area contributed by atoms with Crippen LogP contribution in [-0.2, 0) is 14.3 Å². The molecule has 136 valence electrons. The van der Waals surface area contributed by atoms with E-state index in [0.717, 1.165) is 11.3 Å². The summed E-state index contributed by atoms with van der Waals surface area (Å²) < 4.78 is 10.5. The number of aliphatic hydroxyl groups excluding tert-OH is 1. The van der Waals surface area contributed by atoms with Gasteiger partial charge in [0, 0.05) is 26.7 Å². The van der Waals surface area contributed by atoms with Gasteiger partial charge in [-0.2, -0.15) is 0 Å². The molecule has 0 aromatic heterocycles. The van der Waals surface area contributed by atoms with E-state index in [9.17, 15) is 14.7 Å². The first-order chi connectivity index (χ1) is 12.0. The molecule has 0 aliphatic carbocycles. The van der Waals surface area contributed by atoms with Gasteiger partial charge >= 0.3 is 0 Å². The zero-order valence-corrected chi connectivity index (χ0v) is 14.9. The van der Waals surface area contributed by atoms with Gasteiger partial charge in [0.05, 0.1) is 18.2 Å². The summed E-state index contributed by atoms with van der Waals surface area (Å²) in [5.41, 5.74) is 0.948. The SMILES string of the molecule is CCOc1ccc(C2C(C(=O)CC)=C(O)C(=O)N2CCCOC)cc1. The number of hydrogen-bond acceptors (Lipinski definition) is 5. The van der Waals surface area contributed by atoms with Gasteiger partial charge in [-0.15, -0.1) is 0 Å². The number of ether oxygens (including phenoxy) is 2. The number of carbonyl (C=O) groups excluding carboxylic acids is 2. The van der Waals surface area contributed by atoms with Crippen LogP contribution in [0.25, 0.3) is 0 Å². The van der Waals surface area contributed by atoms with Gasteiger partial charge < -0.3 is 19.5 Å². The first-order valence-corrected chi connectivity index (χ1v) is 8.54. The Morgan fingerprint density at radius 2 is 1.92 bits per heavy atom. The van der Waals surface area contributed by atoms with Crippen LogP contribution in [0.3, 0.4) is 0 Å². The largest absolute Gasteiger partial charge is 0.503 e. The van der Waals surface area contributed by atoms with E-state index in [4.69, 9.17) is 9.47 Å². The molecule has 2 rings (SSSR count). The highest BCUT2D eigenvalue weighted by Crippen LogP contribution is 2.38. The quantitative estimate of drug-likeness (QED) is 0.695. The van der Waals surface area contributed by atoms with Crippen LogP contribution < -0.4 is 4.74 Å². The number of aliphatic hydroxyl groups is 1. The molecule has 0 spiro atoms. The summed E-state index contributed by atoms with van der Waals surface area (Å²) >= 11 is 0. The molecule has 0 saturated carbocycles. The predicted molar refractivity (Wildman–Crippen MR) is 93.5 cm³/mol. The topological polar surface area (TPSA) is 76.1 Å². The van der Waals surface area contributed by atoms with E-state index in [1.165, 1.54) is 4.90 Å². The third kappa shape index (κ3) is 4.02. The van der Waals surface area contributed by atoms with Crippen LogP contribution in [0.15, 0.2) is 35.6 Å². The summed E-state index contributed by atoms with van der Waals surface area (Å²) in [6.45, 7) is 5.08. The average Bonchev–Trinajstić information content (AvgIpc) is 2.87. The summed E-state index contributed by atoms with van der Waals surface area (Å²) in [5.74, 6) is -0.452. The molecule has 6 heteroatoms. The van der Waals surface area contributed by atoms with Gasteiger partial charge in [0.25, 0.3) is 5.91 Å². The van der Waals surface area contributed by atoms with Gasteiger partial charge in [0.1, 0.15) is 5.75 Å². The number of nitrogens with zero attached hydrogens (tertiary/aromatic N) is 1. The Bertz CT molecular complexity index is 650. The van der Waals surface area contributed by atoms with E-state index >= 15 is 0 Å². The lowest BCUT2D eigenvalue weighted by Gasteiger charge is -2.27. The molecule has 1 aromatic carbocycles. The molecule has 1 unspecified atom stereocenters. The standard InChI is InChI=1S/C19H25NO5/c1-4-15(21)16-17(13-7-9-14(10-8-13)25-5-2)20(11-6-12-24-3)19(23)18(16)22/h7-10,17,22H,4-6,11-12H2,1-3H3. The normalized spacial score (nSPS) is 17.3. The number of hydrogen-bond donors (Lipinski definition) is 1. The van der Waals surface area contributed by atoms with Crippen LogP contribution in [0.2, 0.25) is 0 Å². The first kappa shape index (κ1) is 19.0. The average molecular weight is 347 g/mol. The van der Waals surface area contributed by atoms with Gasteiger partial charge in [-0.25, -0.2) is 0 Å². The van der Waals surface area contributed by atoms with Crippen LogP contribution in [0.1, 0.15) is 38.3 Å². The highest BCUT2D eigenvalue weighted by molar-refractivity contribution is 6.08. The van der Waals surface area contributed by atoms with Crippen molar-refractivity contribution in [1.82, 2.24) is 4.90 Å². The molecule has 6 nitrogen and oxygen atoms in total. The van der Waals surface area contributed by atoms with E-state index < -0.39 is 17.7 Å². The van der Waals surface area contributed by atoms with Crippen LogP contribution in [0.5, 0.6) is 5.75 Å². The van der Waals surface area contributed by atoms with Crippen molar-refractivity contribution in [1.29, 1.82) is 0 Å². The molecule has 0 radical (unpaired) electrons. The smallest absolute Gasteiger partial charge is 0.290 e. The Labute approximate surface area is 148 Å². The van der Waals surface area contributed by atoms with Crippen molar-refractivity contribution < 1.29 is 24.2 Å². The predicted octanol–water partition coefficient (Wildman–Crippen LogP) is 2.80. The second kappa shape index (κ2) is 8.67. The highest BCUT2D eigenvalue weighted by atomic mass is 16.5. The molecular weight excluding hydrogens is 322 g/mol. The van der Waals surface area contributed by atoms with E-state index in [-0.39, 0.29) is 17.8 Å². The minimum Gasteiger partial charge on any atom is -0.503 e. The third-order valence-corrected chi connectivity index (χ3v) is 4.18. The van der Waals surface area contributed by atoms with Crippen LogP contribution in [0, 0.1) is 0 Å². The van der Waals surface area contributed by atoms with Crippen molar-refractivity contribution in [2.75, 3.05) is 26.9 Å². The van der Waals surface area contributed by atoms with E-state index in [1.807, 2.05) is 19.1 Å². The molecule has 1 aliphatic heterocycles. The van der Waals surface area contributed by atoms with Gasteiger partial charge in [0.15, 0.2) is 11.5 Å². The summed E-state index contributed by atoms with van der Waals surface area (Å²) in [5, 5.41) is 10.3. The van der Waals surface area contributed by atoms with E-state index in [1.54, 1.807) is 26.2 Å². The number of ketones is 1. The van der Waals surface area contributed by atoms with E-state index in [2.05, 4.69) is 0 Å². The molecule has 1 aromatic rings. The van der Waals surface area contributed by atoms with Crippen molar-refractivity contribution in [3.63, 3.8) is 0 Å². The van der Waals surface area contributed by atoms with Crippen molar-refractivity contribution >= 4 is 11.7 Å². The minimum absolute atomic E-state index is 0.175. The number of Topliss-reactive ketones (excluding diaryl/α,β-unsaturated/α-hetero) is 1. The molecule has 1 amide bonds. The number of methoxy groups -OCH3 is 1. The molecular formula is C19H25NO5. The zero-order chi connectivity index (χ0) is 18.4. The fourth-order valence-electron chi connectivity index (χ4n) is 3.00. The summed E-state index contributed by atoms with van der Waals surface area (Å²) in [6, 6.07) is 6.69. The molecule has 1 heterocycles.